The molecule has 0 aliphatic carbocycles. The highest BCUT2D eigenvalue weighted by molar-refractivity contribution is 5.95. The number of hydrogen-bond acceptors (Lipinski definition) is 4. The Morgan fingerprint density at radius 2 is 2.29 bits per heavy atom. The predicted octanol–water partition coefficient (Wildman–Crippen LogP) is 2.33. The van der Waals surface area contributed by atoms with Gasteiger partial charge in [-0.2, -0.15) is 0 Å². The quantitative estimate of drug-likeness (QED) is 0.885. The fourth-order valence-corrected chi connectivity index (χ4v) is 2.33. The maximum atomic E-state index is 11.3. The topological polar surface area (TPSA) is 63.5 Å². The van der Waals surface area contributed by atoms with E-state index in [-0.39, 0.29) is 12.5 Å². The molecule has 0 saturated carbocycles. The Balaban J connectivity index is 1.58. The van der Waals surface area contributed by atoms with E-state index in [9.17, 15) is 4.79 Å². The number of rotatable bonds is 5. The van der Waals surface area contributed by atoms with Crippen molar-refractivity contribution in [1.29, 1.82) is 0 Å². The van der Waals surface area contributed by atoms with E-state index in [4.69, 9.17) is 9.15 Å². The van der Waals surface area contributed by atoms with Gasteiger partial charge in [-0.3, -0.25) is 4.79 Å². The second-order valence-corrected chi connectivity index (χ2v) is 5.23. The molecule has 5 heteroatoms. The van der Waals surface area contributed by atoms with E-state index in [2.05, 4.69) is 17.6 Å². The first kappa shape index (κ1) is 13.7. The Hall–Kier alpha value is -2.27. The Kier molecular flexibility index (Phi) is 3.92. The van der Waals surface area contributed by atoms with Crippen LogP contribution in [-0.4, -0.2) is 18.6 Å². The molecule has 2 aromatic rings. The molecule has 1 unspecified atom stereocenters. The highest BCUT2D eigenvalue weighted by Crippen LogP contribution is 2.28. The van der Waals surface area contributed by atoms with Crippen molar-refractivity contribution < 1.29 is 13.9 Å². The van der Waals surface area contributed by atoms with Crippen LogP contribution in [0, 0.1) is 0 Å². The van der Waals surface area contributed by atoms with E-state index in [0.717, 1.165) is 35.7 Å². The van der Waals surface area contributed by atoms with Gasteiger partial charge < -0.3 is 19.8 Å². The number of fused-ring (bicyclic) bond motifs is 1. The molecule has 1 aromatic carbocycles. The van der Waals surface area contributed by atoms with Crippen LogP contribution in [0.15, 0.2) is 41.0 Å². The lowest BCUT2D eigenvalue weighted by atomic mass is 10.1. The molecule has 1 aliphatic heterocycles. The fourth-order valence-electron chi connectivity index (χ4n) is 2.33. The minimum absolute atomic E-state index is 0.0881. The summed E-state index contributed by atoms with van der Waals surface area (Å²) in [4.78, 5) is 11.3. The van der Waals surface area contributed by atoms with Gasteiger partial charge in [0.1, 0.15) is 11.5 Å². The molecule has 1 aromatic heterocycles. The normalized spacial score (nSPS) is 15.0. The summed E-state index contributed by atoms with van der Waals surface area (Å²) in [5.74, 6) is 1.59. The van der Waals surface area contributed by atoms with Crippen molar-refractivity contribution in [3.8, 4) is 5.75 Å². The number of anilines is 1. The number of amides is 1. The summed E-state index contributed by atoms with van der Waals surface area (Å²) in [6.45, 7) is 2.93. The summed E-state index contributed by atoms with van der Waals surface area (Å²) in [5, 5.41) is 6.26. The van der Waals surface area contributed by atoms with Gasteiger partial charge in [0.15, 0.2) is 6.61 Å². The van der Waals surface area contributed by atoms with Crippen LogP contribution in [0.1, 0.15) is 18.2 Å². The van der Waals surface area contributed by atoms with Crippen molar-refractivity contribution in [3.05, 3.63) is 47.9 Å². The first-order valence-electron chi connectivity index (χ1n) is 7.02. The van der Waals surface area contributed by atoms with Crippen LogP contribution in [0.3, 0.4) is 0 Å². The average molecular weight is 286 g/mol. The monoisotopic (exact) mass is 286 g/mol. The minimum atomic E-state index is -0.112. The first-order chi connectivity index (χ1) is 10.2. The van der Waals surface area contributed by atoms with Crippen LogP contribution in [0.25, 0.3) is 0 Å². The van der Waals surface area contributed by atoms with E-state index in [1.54, 1.807) is 6.26 Å². The molecule has 0 bridgehead atoms. The zero-order chi connectivity index (χ0) is 14.7. The van der Waals surface area contributed by atoms with Crippen molar-refractivity contribution in [2.45, 2.75) is 25.9 Å². The number of hydrogen-bond donors (Lipinski definition) is 2. The minimum Gasteiger partial charge on any atom is -0.482 e. The SMILES string of the molecule is CC(Cc1ccco1)NCc1ccc2c(c1)NC(=O)CO2. The Labute approximate surface area is 123 Å². The van der Waals surface area contributed by atoms with Gasteiger partial charge in [-0.25, -0.2) is 0 Å². The fraction of sp³-hybridized carbons (Fsp3) is 0.312. The van der Waals surface area contributed by atoms with Gasteiger partial charge in [-0.15, -0.1) is 0 Å². The molecule has 0 radical (unpaired) electrons. The third kappa shape index (κ3) is 3.44. The molecule has 2 N–H and O–H groups in total. The standard InChI is InChI=1S/C16H18N2O3/c1-11(7-13-3-2-6-20-13)17-9-12-4-5-15-14(8-12)18-16(19)10-21-15/h2-6,8,11,17H,7,9-10H2,1H3,(H,18,19). The maximum Gasteiger partial charge on any atom is 0.262 e. The van der Waals surface area contributed by atoms with Crippen molar-refractivity contribution in [2.24, 2.45) is 0 Å². The zero-order valence-corrected chi connectivity index (χ0v) is 11.9. The summed E-state index contributed by atoms with van der Waals surface area (Å²) in [6, 6.07) is 10.0. The van der Waals surface area contributed by atoms with E-state index >= 15 is 0 Å². The number of ether oxygens (including phenoxy) is 1. The Morgan fingerprint density at radius 1 is 1.38 bits per heavy atom. The molecule has 2 heterocycles. The van der Waals surface area contributed by atoms with Gasteiger partial charge in [0.2, 0.25) is 0 Å². The summed E-state index contributed by atoms with van der Waals surface area (Å²) >= 11 is 0. The summed E-state index contributed by atoms with van der Waals surface area (Å²) in [7, 11) is 0. The van der Waals surface area contributed by atoms with Crippen LogP contribution in [0.5, 0.6) is 5.75 Å². The largest absolute Gasteiger partial charge is 0.482 e. The average Bonchev–Trinajstić information content (AvgIpc) is 2.97. The van der Waals surface area contributed by atoms with Gasteiger partial charge in [-0.05, 0) is 36.8 Å². The Bertz CT molecular complexity index is 622. The van der Waals surface area contributed by atoms with Crippen LogP contribution in [-0.2, 0) is 17.8 Å². The summed E-state index contributed by atoms with van der Waals surface area (Å²) in [6.07, 6.45) is 2.53. The van der Waals surface area contributed by atoms with Crippen LogP contribution in [0.4, 0.5) is 5.69 Å². The molecule has 3 rings (SSSR count). The molecule has 1 atom stereocenters. The number of nitrogens with one attached hydrogen (secondary N) is 2. The van der Waals surface area contributed by atoms with Gasteiger partial charge in [0, 0.05) is 19.0 Å². The van der Waals surface area contributed by atoms with Gasteiger partial charge in [0.05, 0.1) is 12.0 Å². The zero-order valence-electron chi connectivity index (χ0n) is 11.9. The number of carbonyl (C=O) groups is 1. The molecule has 0 spiro atoms. The first-order valence-corrected chi connectivity index (χ1v) is 7.02. The number of carbonyl (C=O) groups excluding carboxylic acids is 1. The van der Waals surface area contributed by atoms with Gasteiger partial charge in [-0.1, -0.05) is 6.07 Å². The van der Waals surface area contributed by atoms with E-state index in [1.165, 1.54) is 0 Å². The molecule has 1 aliphatic rings. The van der Waals surface area contributed by atoms with Crippen LogP contribution in [0.2, 0.25) is 0 Å². The third-order valence-electron chi connectivity index (χ3n) is 3.42. The van der Waals surface area contributed by atoms with E-state index in [0.29, 0.717) is 6.04 Å². The molecule has 0 saturated heterocycles. The molecular weight excluding hydrogens is 268 g/mol. The lowest BCUT2D eigenvalue weighted by Crippen LogP contribution is -2.28. The lowest BCUT2D eigenvalue weighted by Gasteiger charge is -2.19. The lowest BCUT2D eigenvalue weighted by molar-refractivity contribution is -0.118. The molecular formula is C16H18N2O3. The summed E-state index contributed by atoms with van der Waals surface area (Å²) in [5.41, 5.74) is 1.84. The van der Waals surface area contributed by atoms with Crippen LogP contribution >= 0.6 is 0 Å². The maximum absolute atomic E-state index is 11.3. The highest BCUT2D eigenvalue weighted by atomic mass is 16.5. The van der Waals surface area contributed by atoms with E-state index in [1.807, 2.05) is 30.3 Å². The van der Waals surface area contributed by atoms with Crippen molar-refractivity contribution >= 4 is 11.6 Å². The molecule has 110 valence electrons. The second-order valence-electron chi connectivity index (χ2n) is 5.23. The second kappa shape index (κ2) is 6.01. The van der Waals surface area contributed by atoms with Crippen molar-refractivity contribution in [1.82, 2.24) is 5.32 Å². The van der Waals surface area contributed by atoms with Crippen molar-refractivity contribution in [3.63, 3.8) is 0 Å². The number of benzene rings is 1. The summed E-state index contributed by atoms with van der Waals surface area (Å²) < 4.78 is 10.7. The smallest absolute Gasteiger partial charge is 0.262 e. The molecule has 0 fully saturated rings. The van der Waals surface area contributed by atoms with E-state index < -0.39 is 0 Å². The van der Waals surface area contributed by atoms with Crippen LogP contribution < -0.4 is 15.4 Å². The van der Waals surface area contributed by atoms with Gasteiger partial charge in [0.25, 0.3) is 5.91 Å². The van der Waals surface area contributed by atoms with Gasteiger partial charge >= 0.3 is 0 Å². The van der Waals surface area contributed by atoms with Crippen molar-refractivity contribution in [2.75, 3.05) is 11.9 Å². The molecule has 21 heavy (non-hydrogen) atoms. The molecule has 1 amide bonds. The highest BCUT2D eigenvalue weighted by Gasteiger charge is 2.16. The number of furan rings is 1. The third-order valence-corrected chi connectivity index (χ3v) is 3.42. The molecule has 5 nitrogen and oxygen atoms in total. The Morgan fingerprint density at radius 3 is 3.10 bits per heavy atom. The predicted molar refractivity (Wildman–Crippen MR) is 79.3 cm³/mol.